The van der Waals surface area contributed by atoms with E-state index in [0.717, 1.165) is 48.3 Å². The number of para-hydroxylation sites is 1. The summed E-state index contributed by atoms with van der Waals surface area (Å²) in [5.74, 6) is 0.738. The van der Waals surface area contributed by atoms with Crippen LogP contribution in [-0.4, -0.2) is 55.2 Å². The minimum atomic E-state index is -0.288. The number of fused-ring (bicyclic) bond motifs is 1. The lowest BCUT2D eigenvalue weighted by molar-refractivity contribution is 0.313. The summed E-state index contributed by atoms with van der Waals surface area (Å²) < 4.78 is 19.7. The van der Waals surface area contributed by atoms with Gasteiger partial charge in [-0.05, 0) is 42.4 Å². The van der Waals surface area contributed by atoms with Crippen LogP contribution in [0.5, 0.6) is 5.75 Å². The van der Waals surface area contributed by atoms with Crippen LogP contribution in [0.25, 0.3) is 10.9 Å². The number of piperazine rings is 1. The SMILES string of the molecule is COc1ccc(Cc2cccc3cnc(Nc4cccc(N5CCN(C)CC5)c4)nc23)c(F)c1. The van der Waals surface area contributed by atoms with Crippen molar-refractivity contribution in [2.45, 2.75) is 6.42 Å². The summed E-state index contributed by atoms with van der Waals surface area (Å²) in [6.45, 7) is 4.14. The fourth-order valence-electron chi connectivity index (χ4n) is 4.30. The molecule has 1 aliphatic heterocycles. The number of likely N-dealkylation sites (N-methyl/N-ethyl adjacent to an activating group) is 1. The van der Waals surface area contributed by atoms with E-state index in [9.17, 15) is 4.39 Å². The van der Waals surface area contributed by atoms with Gasteiger partial charge in [0.25, 0.3) is 0 Å². The molecular weight excluding hydrogens is 429 g/mol. The van der Waals surface area contributed by atoms with E-state index in [0.29, 0.717) is 23.7 Å². The lowest BCUT2D eigenvalue weighted by Crippen LogP contribution is -2.44. The highest BCUT2D eigenvalue weighted by molar-refractivity contribution is 5.82. The fourth-order valence-corrected chi connectivity index (χ4v) is 4.30. The molecule has 1 N–H and O–H groups in total. The lowest BCUT2D eigenvalue weighted by atomic mass is 10.0. The molecule has 0 spiro atoms. The Bertz CT molecular complexity index is 1300. The average Bonchev–Trinajstić information content (AvgIpc) is 2.86. The topological polar surface area (TPSA) is 53.5 Å². The maximum Gasteiger partial charge on any atom is 0.227 e. The largest absolute Gasteiger partial charge is 0.497 e. The van der Waals surface area contributed by atoms with Crippen LogP contribution < -0.4 is 15.0 Å². The number of methoxy groups -OCH3 is 1. The zero-order valence-electron chi connectivity index (χ0n) is 19.5. The molecule has 4 aromatic rings. The van der Waals surface area contributed by atoms with Crippen LogP contribution in [0.1, 0.15) is 11.1 Å². The smallest absolute Gasteiger partial charge is 0.227 e. The zero-order valence-corrected chi connectivity index (χ0v) is 19.5. The predicted molar refractivity (Wildman–Crippen MR) is 135 cm³/mol. The Hall–Kier alpha value is -3.71. The molecule has 34 heavy (non-hydrogen) atoms. The fraction of sp³-hybridized carbons (Fsp3) is 0.259. The van der Waals surface area contributed by atoms with Crippen molar-refractivity contribution in [3.05, 3.63) is 83.8 Å². The van der Waals surface area contributed by atoms with Crippen molar-refractivity contribution in [2.75, 3.05) is 50.6 Å². The van der Waals surface area contributed by atoms with Gasteiger partial charge in [0.1, 0.15) is 11.6 Å². The van der Waals surface area contributed by atoms with Crippen LogP contribution in [0.15, 0.2) is 66.9 Å². The second-order valence-electron chi connectivity index (χ2n) is 8.65. The monoisotopic (exact) mass is 457 g/mol. The number of hydrogen-bond acceptors (Lipinski definition) is 6. The van der Waals surface area contributed by atoms with E-state index in [1.54, 1.807) is 12.1 Å². The third kappa shape index (κ3) is 4.79. The quantitative estimate of drug-likeness (QED) is 0.446. The Morgan fingerprint density at radius 3 is 2.59 bits per heavy atom. The summed E-state index contributed by atoms with van der Waals surface area (Å²) in [7, 11) is 3.69. The Morgan fingerprint density at radius 2 is 1.79 bits per heavy atom. The Morgan fingerprint density at radius 1 is 0.971 bits per heavy atom. The molecule has 1 fully saturated rings. The highest BCUT2D eigenvalue weighted by Crippen LogP contribution is 2.26. The van der Waals surface area contributed by atoms with Crippen LogP contribution in [0.4, 0.5) is 21.7 Å². The number of halogens is 1. The molecule has 3 aromatic carbocycles. The number of nitrogens with zero attached hydrogens (tertiary/aromatic N) is 4. The Labute approximate surface area is 199 Å². The first kappa shape index (κ1) is 22.1. The van der Waals surface area contributed by atoms with Crippen LogP contribution in [0.3, 0.4) is 0 Å². The van der Waals surface area contributed by atoms with Crippen LogP contribution in [0, 0.1) is 5.82 Å². The average molecular weight is 458 g/mol. The Kier molecular flexibility index (Phi) is 6.27. The van der Waals surface area contributed by atoms with Gasteiger partial charge in [0.15, 0.2) is 0 Å². The number of rotatable bonds is 6. The van der Waals surface area contributed by atoms with E-state index in [2.05, 4.69) is 45.3 Å². The van der Waals surface area contributed by atoms with Gasteiger partial charge < -0.3 is 19.9 Å². The predicted octanol–water partition coefficient (Wildman–Crippen LogP) is 4.86. The van der Waals surface area contributed by atoms with Gasteiger partial charge in [0, 0.05) is 61.6 Å². The first-order valence-corrected chi connectivity index (χ1v) is 11.5. The molecular formula is C27H28FN5O. The van der Waals surface area contributed by atoms with Crippen molar-refractivity contribution in [3.8, 4) is 5.75 Å². The number of hydrogen-bond donors (Lipinski definition) is 1. The van der Waals surface area contributed by atoms with E-state index >= 15 is 0 Å². The van der Waals surface area contributed by atoms with Crippen molar-refractivity contribution in [2.24, 2.45) is 0 Å². The first-order chi connectivity index (χ1) is 16.6. The second kappa shape index (κ2) is 9.65. The van der Waals surface area contributed by atoms with Gasteiger partial charge in [-0.25, -0.2) is 14.4 Å². The Balaban J connectivity index is 1.40. The van der Waals surface area contributed by atoms with Crippen LogP contribution in [-0.2, 0) is 6.42 Å². The minimum absolute atomic E-state index is 0.288. The minimum Gasteiger partial charge on any atom is -0.497 e. The van der Waals surface area contributed by atoms with E-state index in [4.69, 9.17) is 9.72 Å². The van der Waals surface area contributed by atoms with Crippen molar-refractivity contribution < 1.29 is 9.13 Å². The van der Waals surface area contributed by atoms with E-state index in [1.807, 2.05) is 30.5 Å². The molecule has 7 heteroatoms. The van der Waals surface area contributed by atoms with Gasteiger partial charge in [0.05, 0.1) is 12.6 Å². The molecule has 0 radical (unpaired) electrons. The summed E-state index contributed by atoms with van der Waals surface area (Å²) >= 11 is 0. The number of ether oxygens (including phenoxy) is 1. The molecule has 0 amide bonds. The van der Waals surface area contributed by atoms with Crippen molar-refractivity contribution in [3.63, 3.8) is 0 Å². The van der Waals surface area contributed by atoms with Crippen LogP contribution >= 0.6 is 0 Å². The summed E-state index contributed by atoms with van der Waals surface area (Å²) in [6, 6.07) is 19.2. The summed E-state index contributed by atoms with van der Waals surface area (Å²) in [6.07, 6.45) is 2.24. The number of anilines is 3. The molecule has 0 saturated carbocycles. The number of nitrogens with one attached hydrogen (secondary N) is 1. The molecule has 6 nitrogen and oxygen atoms in total. The highest BCUT2D eigenvalue weighted by Gasteiger charge is 2.15. The van der Waals surface area contributed by atoms with Crippen molar-refractivity contribution in [1.29, 1.82) is 0 Å². The van der Waals surface area contributed by atoms with E-state index in [-0.39, 0.29) is 5.82 Å². The maximum absolute atomic E-state index is 14.6. The number of aromatic nitrogens is 2. The summed E-state index contributed by atoms with van der Waals surface area (Å²) in [5, 5.41) is 4.27. The standard InChI is InChI=1S/C27H28FN5O/c1-32-11-13-33(14-12-32)23-8-4-7-22(16-23)30-27-29-18-21-6-3-5-20(26(21)31-27)15-19-9-10-24(34-2)17-25(19)28/h3-10,16-18H,11-15H2,1-2H3,(H,29,30,31). The molecule has 1 aliphatic rings. The molecule has 1 saturated heterocycles. The molecule has 0 unspecified atom stereocenters. The van der Waals surface area contributed by atoms with Gasteiger partial charge in [-0.2, -0.15) is 0 Å². The molecule has 2 heterocycles. The van der Waals surface area contributed by atoms with Gasteiger partial charge >= 0.3 is 0 Å². The van der Waals surface area contributed by atoms with Crippen LogP contribution in [0.2, 0.25) is 0 Å². The van der Waals surface area contributed by atoms with Gasteiger partial charge in [0.2, 0.25) is 5.95 Å². The van der Waals surface area contributed by atoms with Gasteiger partial charge in [-0.1, -0.05) is 30.3 Å². The van der Waals surface area contributed by atoms with Crippen molar-refractivity contribution in [1.82, 2.24) is 14.9 Å². The normalized spacial score (nSPS) is 14.4. The molecule has 174 valence electrons. The molecule has 0 atom stereocenters. The first-order valence-electron chi connectivity index (χ1n) is 11.5. The number of benzene rings is 3. The maximum atomic E-state index is 14.6. The van der Waals surface area contributed by atoms with E-state index < -0.39 is 0 Å². The second-order valence-corrected chi connectivity index (χ2v) is 8.65. The lowest BCUT2D eigenvalue weighted by Gasteiger charge is -2.34. The summed E-state index contributed by atoms with van der Waals surface area (Å²) in [5.41, 5.74) is 4.48. The van der Waals surface area contributed by atoms with E-state index in [1.165, 1.54) is 18.9 Å². The third-order valence-electron chi connectivity index (χ3n) is 6.31. The molecule has 1 aromatic heterocycles. The van der Waals surface area contributed by atoms with Gasteiger partial charge in [-0.15, -0.1) is 0 Å². The zero-order chi connectivity index (χ0) is 23.5. The highest BCUT2D eigenvalue weighted by atomic mass is 19.1. The summed E-state index contributed by atoms with van der Waals surface area (Å²) in [4.78, 5) is 14.0. The molecule has 0 aliphatic carbocycles. The molecule has 0 bridgehead atoms. The third-order valence-corrected chi connectivity index (χ3v) is 6.31. The van der Waals surface area contributed by atoms with Crippen molar-refractivity contribution >= 4 is 28.2 Å². The van der Waals surface area contributed by atoms with Gasteiger partial charge in [-0.3, -0.25) is 0 Å². The molecule has 5 rings (SSSR count).